The second-order valence-electron chi connectivity index (χ2n) is 5.23. The Balaban J connectivity index is 2.06. The van der Waals surface area contributed by atoms with Crippen LogP contribution in [0, 0.1) is 5.92 Å². The van der Waals surface area contributed by atoms with Crippen molar-refractivity contribution in [3.05, 3.63) is 42.5 Å². The van der Waals surface area contributed by atoms with E-state index in [-0.39, 0.29) is 5.92 Å². The van der Waals surface area contributed by atoms with Crippen LogP contribution in [0.3, 0.4) is 0 Å². The van der Waals surface area contributed by atoms with Crippen molar-refractivity contribution in [2.24, 2.45) is 11.7 Å². The molecule has 1 fully saturated rings. The van der Waals surface area contributed by atoms with E-state index >= 15 is 0 Å². The van der Waals surface area contributed by atoms with Crippen LogP contribution in [-0.4, -0.2) is 32.4 Å². The van der Waals surface area contributed by atoms with E-state index in [1.807, 2.05) is 30.3 Å². The van der Waals surface area contributed by atoms with Crippen molar-refractivity contribution in [1.29, 1.82) is 0 Å². The van der Waals surface area contributed by atoms with Crippen molar-refractivity contribution < 1.29 is 8.42 Å². The van der Waals surface area contributed by atoms with Crippen LogP contribution < -0.4 is 5.73 Å². The van der Waals surface area contributed by atoms with Crippen LogP contribution in [0.15, 0.2) is 47.4 Å². The standard InChI is InChI=1S/C15H18N2O2S/c16-10-12-8-9-17(11-12)20(18,19)15-7-3-5-13-4-1-2-6-14(13)15/h1-7,12H,8-11,16H2. The number of nitrogens with two attached hydrogens (primary N) is 1. The molecule has 2 N–H and O–H groups in total. The van der Waals surface area contributed by atoms with Crippen LogP contribution in [-0.2, 0) is 10.0 Å². The average molecular weight is 290 g/mol. The lowest BCUT2D eigenvalue weighted by Gasteiger charge is -2.17. The monoisotopic (exact) mass is 290 g/mol. The summed E-state index contributed by atoms with van der Waals surface area (Å²) in [6.45, 7) is 1.64. The molecule has 0 amide bonds. The molecule has 0 radical (unpaired) electrons. The van der Waals surface area contributed by atoms with Crippen molar-refractivity contribution in [1.82, 2.24) is 4.31 Å². The number of fused-ring (bicyclic) bond motifs is 1. The van der Waals surface area contributed by atoms with E-state index in [0.29, 0.717) is 24.5 Å². The molecule has 1 atom stereocenters. The zero-order chi connectivity index (χ0) is 14.2. The second kappa shape index (κ2) is 5.16. The van der Waals surface area contributed by atoms with E-state index in [1.165, 1.54) is 0 Å². The maximum Gasteiger partial charge on any atom is 0.243 e. The minimum Gasteiger partial charge on any atom is -0.330 e. The third-order valence-electron chi connectivity index (χ3n) is 3.95. The summed E-state index contributed by atoms with van der Waals surface area (Å²) in [6.07, 6.45) is 0.848. The predicted octanol–water partition coefficient (Wildman–Crippen LogP) is 1.81. The van der Waals surface area contributed by atoms with Gasteiger partial charge in [0.1, 0.15) is 0 Å². The zero-order valence-electron chi connectivity index (χ0n) is 11.2. The third-order valence-corrected chi connectivity index (χ3v) is 5.87. The molecule has 0 aliphatic carbocycles. The first-order valence-corrected chi connectivity index (χ1v) is 8.25. The van der Waals surface area contributed by atoms with E-state index < -0.39 is 10.0 Å². The van der Waals surface area contributed by atoms with E-state index in [9.17, 15) is 8.42 Å². The Morgan fingerprint density at radius 2 is 1.90 bits per heavy atom. The van der Waals surface area contributed by atoms with Crippen molar-refractivity contribution in [2.45, 2.75) is 11.3 Å². The second-order valence-corrected chi connectivity index (χ2v) is 7.14. The first-order chi connectivity index (χ1) is 9.63. The van der Waals surface area contributed by atoms with Crippen LogP contribution >= 0.6 is 0 Å². The molecular weight excluding hydrogens is 272 g/mol. The van der Waals surface area contributed by atoms with Gasteiger partial charge in [-0.1, -0.05) is 36.4 Å². The Morgan fingerprint density at radius 1 is 1.15 bits per heavy atom. The molecule has 20 heavy (non-hydrogen) atoms. The lowest BCUT2D eigenvalue weighted by Crippen LogP contribution is -2.30. The molecule has 1 heterocycles. The highest BCUT2D eigenvalue weighted by Crippen LogP contribution is 2.28. The van der Waals surface area contributed by atoms with E-state index in [2.05, 4.69) is 0 Å². The Labute approximate surface area is 119 Å². The van der Waals surface area contributed by atoms with Gasteiger partial charge in [0.15, 0.2) is 0 Å². The van der Waals surface area contributed by atoms with Crippen LogP contribution in [0.4, 0.5) is 0 Å². The molecule has 1 unspecified atom stereocenters. The summed E-state index contributed by atoms with van der Waals surface area (Å²) in [6, 6.07) is 13.0. The maximum atomic E-state index is 12.8. The molecule has 1 aliphatic heterocycles. The summed E-state index contributed by atoms with van der Waals surface area (Å²) in [5.74, 6) is 0.278. The van der Waals surface area contributed by atoms with Crippen molar-refractivity contribution in [2.75, 3.05) is 19.6 Å². The Hall–Kier alpha value is -1.43. The predicted molar refractivity (Wildman–Crippen MR) is 79.9 cm³/mol. The average Bonchev–Trinajstić information content (AvgIpc) is 2.96. The molecule has 0 saturated carbocycles. The fraction of sp³-hybridized carbons (Fsp3) is 0.333. The topological polar surface area (TPSA) is 63.4 Å². The fourth-order valence-corrected chi connectivity index (χ4v) is 4.51. The van der Waals surface area contributed by atoms with Gasteiger partial charge in [-0.15, -0.1) is 0 Å². The normalized spacial score (nSPS) is 20.6. The van der Waals surface area contributed by atoms with Crippen LogP contribution in [0.1, 0.15) is 6.42 Å². The molecule has 106 valence electrons. The summed E-state index contributed by atoms with van der Waals surface area (Å²) < 4.78 is 27.2. The molecule has 1 aliphatic rings. The van der Waals surface area contributed by atoms with Gasteiger partial charge >= 0.3 is 0 Å². The quantitative estimate of drug-likeness (QED) is 0.937. The fourth-order valence-electron chi connectivity index (χ4n) is 2.77. The summed E-state index contributed by atoms with van der Waals surface area (Å²) in [4.78, 5) is 0.397. The molecule has 0 spiro atoms. The van der Waals surface area contributed by atoms with Gasteiger partial charge in [-0.3, -0.25) is 0 Å². The van der Waals surface area contributed by atoms with Crippen molar-refractivity contribution in [3.8, 4) is 0 Å². The van der Waals surface area contributed by atoms with Gasteiger partial charge in [-0.25, -0.2) is 8.42 Å². The zero-order valence-corrected chi connectivity index (χ0v) is 12.0. The Kier molecular flexibility index (Phi) is 3.50. The van der Waals surface area contributed by atoms with Gasteiger partial charge in [0, 0.05) is 18.5 Å². The minimum absolute atomic E-state index is 0.278. The van der Waals surface area contributed by atoms with Gasteiger partial charge in [-0.05, 0) is 30.3 Å². The van der Waals surface area contributed by atoms with E-state index in [4.69, 9.17) is 5.73 Å². The molecule has 4 nitrogen and oxygen atoms in total. The van der Waals surface area contributed by atoms with Crippen molar-refractivity contribution in [3.63, 3.8) is 0 Å². The van der Waals surface area contributed by atoms with E-state index in [0.717, 1.165) is 17.2 Å². The molecule has 3 rings (SSSR count). The molecule has 2 aromatic rings. The van der Waals surface area contributed by atoms with Crippen LogP contribution in [0.2, 0.25) is 0 Å². The number of hydrogen-bond acceptors (Lipinski definition) is 3. The highest BCUT2D eigenvalue weighted by Gasteiger charge is 2.32. The first-order valence-electron chi connectivity index (χ1n) is 6.81. The van der Waals surface area contributed by atoms with E-state index in [1.54, 1.807) is 16.4 Å². The van der Waals surface area contributed by atoms with Gasteiger partial charge < -0.3 is 5.73 Å². The number of nitrogens with zero attached hydrogens (tertiary/aromatic N) is 1. The minimum atomic E-state index is -3.43. The molecule has 5 heteroatoms. The summed E-state index contributed by atoms with van der Waals surface area (Å²) in [5, 5.41) is 1.73. The Bertz CT molecular complexity index is 722. The third kappa shape index (κ3) is 2.22. The SMILES string of the molecule is NCC1CCN(S(=O)(=O)c2cccc3ccccc23)C1. The molecular formula is C15H18N2O2S. The largest absolute Gasteiger partial charge is 0.330 e. The molecule has 1 saturated heterocycles. The molecule has 0 aromatic heterocycles. The molecule has 0 bridgehead atoms. The van der Waals surface area contributed by atoms with Crippen LogP contribution in [0.5, 0.6) is 0 Å². The summed E-state index contributed by atoms with van der Waals surface area (Å²) >= 11 is 0. The summed E-state index contributed by atoms with van der Waals surface area (Å²) in [7, 11) is -3.43. The van der Waals surface area contributed by atoms with Crippen molar-refractivity contribution >= 4 is 20.8 Å². The maximum absolute atomic E-state index is 12.8. The highest BCUT2D eigenvalue weighted by atomic mass is 32.2. The number of rotatable bonds is 3. The first kappa shape index (κ1) is 13.5. The smallest absolute Gasteiger partial charge is 0.243 e. The summed E-state index contributed by atoms with van der Waals surface area (Å²) in [5.41, 5.74) is 5.65. The lowest BCUT2D eigenvalue weighted by atomic mass is 10.1. The van der Waals surface area contributed by atoms with Gasteiger partial charge in [-0.2, -0.15) is 4.31 Å². The number of benzene rings is 2. The number of hydrogen-bond donors (Lipinski definition) is 1. The van der Waals surface area contributed by atoms with Crippen LogP contribution in [0.25, 0.3) is 10.8 Å². The lowest BCUT2D eigenvalue weighted by molar-refractivity contribution is 0.460. The highest BCUT2D eigenvalue weighted by molar-refractivity contribution is 7.89. The molecule has 2 aromatic carbocycles. The number of sulfonamides is 1. The van der Waals surface area contributed by atoms with Gasteiger partial charge in [0.25, 0.3) is 0 Å². The van der Waals surface area contributed by atoms with Gasteiger partial charge in [0.05, 0.1) is 4.90 Å². The Morgan fingerprint density at radius 3 is 2.65 bits per heavy atom. The van der Waals surface area contributed by atoms with Gasteiger partial charge in [0.2, 0.25) is 10.0 Å².